The molecule has 0 aliphatic rings. The summed E-state index contributed by atoms with van der Waals surface area (Å²) >= 11 is 11.5. The van der Waals surface area contributed by atoms with Crippen molar-refractivity contribution in [3.8, 4) is 0 Å². The molecule has 2 unspecified atom stereocenters. The van der Waals surface area contributed by atoms with Gasteiger partial charge in [-0.2, -0.15) is 0 Å². The molecule has 2 atom stereocenters. The molecule has 0 aliphatic heterocycles. The number of hydrogen-bond acceptors (Lipinski definition) is 5. The Kier molecular flexibility index (Phi) is 5.15. The lowest BCUT2D eigenvalue weighted by atomic mass is 10.2. The number of aliphatic hydroxyl groups excluding tert-OH is 1. The number of nitrogens with one attached hydrogen (secondary N) is 1. The van der Waals surface area contributed by atoms with Crippen LogP contribution in [0.5, 0.6) is 0 Å². The van der Waals surface area contributed by atoms with E-state index in [0.717, 1.165) is 0 Å². The molecule has 0 bridgehead atoms. The Labute approximate surface area is 114 Å². The van der Waals surface area contributed by atoms with Crippen LogP contribution < -0.4 is 11.1 Å². The first-order chi connectivity index (χ1) is 8.32. The molecule has 0 aromatic heterocycles. The summed E-state index contributed by atoms with van der Waals surface area (Å²) < 4.78 is 0. The van der Waals surface area contributed by atoms with Crippen molar-refractivity contribution in [2.45, 2.75) is 19.1 Å². The van der Waals surface area contributed by atoms with E-state index in [2.05, 4.69) is 5.32 Å². The molecule has 0 heterocycles. The second-order valence-electron chi connectivity index (χ2n) is 3.83. The fraction of sp³-hybridized carbons (Fsp3) is 0.400. The average Bonchev–Trinajstić information content (AvgIpc) is 2.29. The Morgan fingerprint density at radius 3 is 2.56 bits per heavy atom. The topological polar surface area (TPSA) is 101 Å². The lowest BCUT2D eigenvalue weighted by molar-refractivity contribution is -0.383. The summed E-state index contributed by atoms with van der Waals surface area (Å²) in [7, 11) is 0. The second kappa shape index (κ2) is 6.19. The first-order valence-corrected chi connectivity index (χ1v) is 5.89. The van der Waals surface area contributed by atoms with E-state index >= 15 is 0 Å². The van der Waals surface area contributed by atoms with E-state index in [0.29, 0.717) is 0 Å². The molecule has 0 aliphatic carbocycles. The summed E-state index contributed by atoms with van der Waals surface area (Å²) in [6.45, 7) is 1.71. The molecule has 0 fully saturated rings. The number of nitrogens with zero attached hydrogens (tertiary/aromatic N) is 1. The summed E-state index contributed by atoms with van der Waals surface area (Å²) in [5.41, 5.74) is 5.64. The van der Waals surface area contributed by atoms with Gasteiger partial charge in [-0.05, 0) is 13.0 Å². The molecule has 1 aromatic carbocycles. The molecule has 0 amide bonds. The first-order valence-electron chi connectivity index (χ1n) is 5.14. The van der Waals surface area contributed by atoms with Gasteiger partial charge in [0.2, 0.25) is 0 Å². The van der Waals surface area contributed by atoms with Gasteiger partial charge in [0.15, 0.2) is 0 Å². The van der Waals surface area contributed by atoms with E-state index in [-0.39, 0.29) is 28.0 Å². The molecule has 1 rings (SSSR count). The normalized spacial score (nSPS) is 14.1. The van der Waals surface area contributed by atoms with Gasteiger partial charge < -0.3 is 16.2 Å². The van der Waals surface area contributed by atoms with E-state index in [1.807, 2.05) is 0 Å². The van der Waals surface area contributed by atoms with Gasteiger partial charge in [-0.15, -0.1) is 0 Å². The maximum absolute atomic E-state index is 10.8. The van der Waals surface area contributed by atoms with E-state index in [9.17, 15) is 15.2 Å². The molecule has 0 saturated carbocycles. The van der Waals surface area contributed by atoms with Crippen LogP contribution in [0, 0.1) is 10.1 Å². The molecule has 18 heavy (non-hydrogen) atoms. The molecule has 4 N–H and O–H groups in total. The average molecular weight is 294 g/mol. The van der Waals surface area contributed by atoms with Crippen LogP contribution in [0.2, 0.25) is 10.0 Å². The number of aliphatic hydroxyl groups is 1. The first kappa shape index (κ1) is 15.0. The van der Waals surface area contributed by atoms with Crippen molar-refractivity contribution >= 4 is 34.6 Å². The third kappa shape index (κ3) is 3.71. The largest absolute Gasteiger partial charge is 0.392 e. The van der Waals surface area contributed by atoms with Crippen LogP contribution in [0.4, 0.5) is 11.4 Å². The van der Waals surface area contributed by atoms with Gasteiger partial charge in [-0.3, -0.25) is 10.1 Å². The summed E-state index contributed by atoms with van der Waals surface area (Å²) in [6.07, 6.45) is -0.723. The van der Waals surface area contributed by atoms with Gasteiger partial charge in [0.25, 0.3) is 5.69 Å². The van der Waals surface area contributed by atoms with Crippen LogP contribution in [0.15, 0.2) is 12.1 Å². The van der Waals surface area contributed by atoms with Crippen molar-refractivity contribution in [3.05, 3.63) is 32.3 Å². The molecule has 8 heteroatoms. The molecule has 0 saturated heterocycles. The number of nitro groups is 1. The zero-order valence-electron chi connectivity index (χ0n) is 9.56. The second-order valence-corrected chi connectivity index (χ2v) is 4.64. The van der Waals surface area contributed by atoms with Gasteiger partial charge in [-0.25, -0.2) is 0 Å². The Bertz CT molecular complexity index is 454. The molecular formula is C10H13Cl2N3O3. The third-order valence-electron chi connectivity index (χ3n) is 2.38. The van der Waals surface area contributed by atoms with E-state index in [1.54, 1.807) is 0 Å². The molecule has 1 aromatic rings. The predicted octanol–water partition coefficient (Wildman–Crippen LogP) is 2.02. The Morgan fingerprint density at radius 2 is 2.06 bits per heavy atom. The van der Waals surface area contributed by atoms with Crippen LogP contribution in [0.25, 0.3) is 0 Å². The highest BCUT2D eigenvalue weighted by Crippen LogP contribution is 2.33. The number of benzene rings is 1. The van der Waals surface area contributed by atoms with Gasteiger partial charge in [0, 0.05) is 18.7 Å². The zero-order valence-corrected chi connectivity index (χ0v) is 11.1. The third-order valence-corrected chi connectivity index (χ3v) is 3.11. The number of halogens is 2. The Hall–Kier alpha value is -1.08. The van der Waals surface area contributed by atoms with Gasteiger partial charge >= 0.3 is 0 Å². The van der Waals surface area contributed by atoms with E-state index < -0.39 is 17.1 Å². The highest BCUT2D eigenvalue weighted by atomic mass is 35.5. The summed E-state index contributed by atoms with van der Waals surface area (Å²) in [4.78, 5) is 10.3. The van der Waals surface area contributed by atoms with E-state index in [4.69, 9.17) is 28.9 Å². The highest BCUT2D eigenvalue weighted by Gasteiger charge is 2.18. The maximum atomic E-state index is 10.8. The summed E-state index contributed by atoms with van der Waals surface area (Å²) in [5.74, 6) is 0. The van der Waals surface area contributed by atoms with Crippen LogP contribution in [-0.2, 0) is 0 Å². The van der Waals surface area contributed by atoms with E-state index in [1.165, 1.54) is 19.1 Å². The van der Waals surface area contributed by atoms with Crippen LogP contribution in [0.1, 0.15) is 6.92 Å². The summed E-state index contributed by atoms with van der Waals surface area (Å²) in [5, 5.41) is 23.2. The standard InChI is InChI=1S/C10H13Cl2N3O3/c1-5(16)8(13)4-14-9-2-6(11)7(12)3-10(9)15(17)18/h2-3,5,8,14,16H,4,13H2,1H3. The van der Waals surface area contributed by atoms with Crippen LogP contribution in [0.3, 0.4) is 0 Å². The molecule has 0 spiro atoms. The predicted molar refractivity (Wildman–Crippen MR) is 71.3 cm³/mol. The van der Waals surface area contributed by atoms with Crippen molar-refractivity contribution < 1.29 is 10.0 Å². The van der Waals surface area contributed by atoms with Crippen molar-refractivity contribution in [1.82, 2.24) is 0 Å². The van der Waals surface area contributed by atoms with Crippen LogP contribution >= 0.6 is 23.2 Å². The van der Waals surface area contributed by atoms with Gasteiger partial charge in [0.05, 0.1) is 21.1 Å². The fourth-order valence-electron chi connectivity index (χ4n) is 1.23. The number of nitro benzene ring substituents is 1. The minimum atomic E-state index is -0.723. The molecular weight excluding hydrogens is 281 g/mol. The van der Waals surface area contributed by atoms with Crippen LogP contribution in [-0.4, -0.2) is 28.7 Å². The van der Waals surface area contributed by atoms with Gasteiger partial charge in [0.1, 0.15) is 5.69 Å². The fourth-order valence-corrected chi connectivity index (χ4v) is 1.55. The number of nitrogens with two attached hydrogens (primary N) is 1. The SMILES string of the molecule is CC(O)C(N)CNc1cc(Cl)c(Cl)cc1[N+](=O)[O-]. The Balaban J connectivity index is 2.93. The minimum absolute atomic E-state index is 0.105. The Morgan fingerprint density at radius 1 is 1.50 bits per heavy atom. The minimum Gasteiger partial charge on any atom is -0.392 e. The molecule has 6 nitrogen and oxygen atoms in total. The highest BCUT2D eigenvalue weighted by molar-refractivity contribution is 6.42. The monoisotopic (exact) mass is 293 g/mol. The quantitative estimate of drug-likeness (QED) is 0.569. The van der Waals surface area contributed by atoms with Gasteiger partial charge in [-0.1, -0.05) is 23.2 Å². The number of rotatable bonds is 5. The number of hydrogen-bond donors (Lipinski definition) is 3. The van der Waals surface area contributed by atoms with Crippen molar-refractivity contribution in [1.29, 1.82) is 0 Å². The smallest absolute Gasteiger partial charge is 0.293 e. The van der Waals surface area contributed by atoms with Crippen molar-refractivity contribution in [3.63, 3.8) is 0 Å². The maximum Gasteiger partial charge on any atom is 0.293 e. The summed E-state index contributed by atoms with van der Waals surface area (Å²) in [6, 6.07) is 1.98. The lowest BCUT2D eigenvalue weighted by Gasteiger charge is -2.16. The number of anilines is 1. The van der Waals surface area contributed by atoms with Crippen molar-refractivity contribution in [2.75, 3.05) is 11.9 Å². The lowest BCUT2D eigenvalue weighted by Crippen LogP contribution is -2.38. The van der Waals surface area contributed by atoms with Crippen molar-refractivity contribution in [2.24, 2.45) is 5.73 Å². The molecule has 0 radical (unpaired) electrons. The zero-order chi connectivity index (χ0) is 13.9. The molecule has 100 valence electrons.